The van der Waals surface area contributed by atoms with Crippen LogP contribution in [0.25, 0.3) is 0 Å². The molecule has 0 fully saturated rings. The Morgan fingerprint density at radius 3 is 2.22 bits per heavy atom. The highest BCUT2D eigenvalue weighted by atomic mass is 16.1. The molecule has 2 aromatic rings. The normalized spacial score (nSPS) is 11.3. The molecule has 2 aromatic carbocycles. The van der Waals surface area contributed by atoms with Gasteiger partial charge in [-0.05, 0) is 32.4 Å². The third kappa shape index (κ3) is 2.35. The van der Waals surface area contributed by atoms with Crippen molar-refractivity contribution in [1.29, 1.82) is 0 Å². The number of benzene rings is 2. The summed E-state index contributed by atoms with van der Waals surface area (Å²) in [5, 5.41) is 0. The first-order chi connectivity index (χ1) is 8.51. The van der Waals surface area contributed by atoms with Crippen LogP contribution >= 0.6 is 0 Å². The molecule has 0 atom stereocenters. The van der Waals surface area contributed by atoms with E-state index in [4.69, 9.17) is 0 Å². The average Bonchev–Trinajstić information content (AvgIpc) is 2.39. The molecule has 0 aromatic heterocycles. The molecule has 0 saturated carbocycles. The van der Waals surface area contributed by atoms with Crippen LogP contribution in [0.4, 0.5) is 0 Å². The van der Waals surface area contributed by atoms with Crippen LogP contribution < -0.4 is 0 Å². The van der Waals surface area contributed by atoms with Crippen LogP contribution in [0.3, 0.4) is 0 Å². The molecule has 2 rings (SSSR count). The molecule has 0 heterocycles. The van der Waals surface area contributed by atoms with Crippen molar-refractivity contribution in [2.45, 2.75) is 26.2 Å². The topological polar surface area (TPSA) is 17.1 Å². The summed E-state index contributed by atoms with van der Waals surface area (Å²) in [4.78, 5) is 12.6. The minimum atomic E-state index is -0.491. The Morgan fingerprint density at radius 2 is 1.61 bits per heavy atom. The van der Waals surface area contributed by atoms with Gasteiger partial charge in [-0.1, -0.05) is 54.1 Å². The van der Waals surface area contributed by atoms with Gasteiger partial charge < -0.3 is 0 Å². The first-order valence-corrected chi connectivity index (χ1v) is 6.19. The SMILES string of the molecule is Cc1cccc(C(=O)C(C)(C)c2ccccc2)c1. The first kappa shape index (κ1) is 12.6. The molecule has 0 aliphatic rings. The molecule has 0 aliphatic heterocycles. The number of carbonyl (C=O) groups excluding carboxylic acids is 1. The van der Waals surface area contributed by atoms with Crippen LogP contribution in [0.2, 0.25) is 0 Å². The van der Waals surface area contributed by atoms with Crippen molar-refractivity contribution in [2.24, 2.45) is 0 Å². The van der Waals surface area contributed by atoms with E-state index >= 15 is 0 Å². The second-order valence-electron chi connectivity index (χ2n) is 5.19. The zero-order chi connectivity index (χ0) is 13.2. The Balaban J connectivity index is 2.39. The van der Waals surface area contributed by atoms with Crippen molar-refractivity contribution in [3.8, 4) is 0 Å². The molecular weight excluding hydrogens is 220 g/mol. The molecule has 0 N–H and O–H groups in total. The van der Waals surface area contributed by atoms with Crippen LogP contribution in [0.5, 0.6) is 0 Å². The highest BCUT2D eigenvalue weighted by molar-refractivity contribution is 6.03. The minimum Gasteiger partial charge on any atom is -0.293 e. The Labute approximate surface area is 108 Å². The molecule has 92 valence electrons. The standard InChI is InChI=1S/C17H18O/c1-13-8-7-9-14(12-13)16(18)17(2,3)15-10-5-4-6-11-15/h4-12H,1-3H3. The monoisotopic (exact) mass is 238 g/mol. The highest BCUT2D eigenvalue weighted by Gasteiger charge is 2.30. The molecular formula is C17H18O. The maximum Gasteiger partial charge on any atom is 0.172 e. The summed E-state index contributed by atoms with van der Waals surface area (Å²) in [6.45, 7) is 5.96. The van der Waals surface area contributed by atoms with E-state index in [1.165, 1.54) is 0 Å². The molecule has 18 heavy (non-hydrogen) atoms. The van der Waals surface area contributed by atoms with Crippen molar-refractivity contribution in [2.75, 3.05) is 0 Å². The first-order valence-electron chi connectivity index (χ1n) is 6.19. The number of hydrogen-bond donors (Lipinski definition) is 0. The second kappa shape index (κ2) is 4.77. The van der Waals surface area contributed by atoms with Gasteiger partial charge in [0.05, 0.1) is 5.41 Å². The van der Waals surface area contributed by atoms with Crippen molar-refractivity contribution in [3.63, 3.8) is 0 Å². The van der Waals surface area contributed by atoms with E-state index < -0.39 is 5.41 Å². The number of rotatable bonds is 3. The Morgan fingerprint density at radius 1 is 0.944 bits per heavy atom. The van der Waals surface area contributed by atoms with Gasteiger partial charge in [0.15, 0.2) is 5.78 Å². The third-order valence-electron chi connectivity index (χ3n) is 3.34. The van der Waals surface area contributed by atoms with Gasteiger partial charge in [-0.3, -0.25) is 4.79 Å². The van der Waals surface area contributed by atoms with E-state index in [0.717, 1.165) is 16.7 Å². The average molecular weight is 238 g/mol. The second-order valence-corrected chi connectivity index (χ2v) is 5.19. The smallest absolute Gasteiger partial charge is 0.172 e. The summed E-state index contributed by atoms with van der Waals surface area (Å²) >= 11 is 0. The summed E-state index contributed by atoms with van der Waals surface area (Å²) < 4.78 is 0. The van der Waals surface area contributed by atoms with Crippen LogP contribution in [-0.2, 0) is 5.41 Å². The maximum absolute atomic E-state index is 12.6. The lowest BCUT2D eigenvalue weighted by molar-refractivity contribution is 0.0908. The summed E-state index contributed by atoms with van der Waals surface area (Å²) in [6, 6.07) is 17.7. The molecule has 0 spiro atoms. The number of carbonyl (C=O) groups is 1. The van der Waals surface area contributed by atoms with Gasteiger partial charge in [-0.25, -0.2) is 0 Å². The molecule has 0 aliphatic carbocycles. The zero-order valence-electron chi connectivity index (χ0n) is 11.1. The van der Waals surface area contributed by atoms with Crippen LogP contribution in [-0.4, -0.2) is 5.78 Å². The number of aryl methyl sites for hydroxylation is 1. The Hall–Kier alpha value is -1.89. The molecule has 1 heteroatoms. The predicted octanol–water partition coefficient (Wildman–Crippen LogP) is 4.16. The largest absolute Gasteiger partial charge is 0.293 e. The lowest BCUT2D eigenvalue weighted by Crippen LogP contribution is -2.29. The highest BCUT2D eigenvalue weighted by Crippen LogP contribution is 2.27. The van der Waals surface area contributed by atoms with Gasteiger partial charge in [-0.2, -0.15) is 0 Å². The van der Waals surface area contributed by atoms with Gasteiger partial charge in [0, 0.05) is 5.56 Å². The predicted molar refractivity (Wildman–Crippen MR) is 75.0 cm³/mol. The molecule has 1 nitrogen and oxygen atoms in total. The molecule has 0 saturated heterocycles. The third-order valence-corrected chi connectivity index (χ3v) is 3.34. The number of hydrogen-bond acceptors (Lipinski definition) is 1. The van der Waals surface area contributed by atoms with Crippen LogP contribution in [0, 0.1) is 6.92 Å². The van der Waals surface area contributed by atoms with E-state index in [1.807, 2.05) is 75.4 Å². The van der Waals surface area contributed by atoms with E-state index in [-0.39, 0.29) is 5.78 Å². The summed E-state index contributed by atoms with van der Waals surface area (Å²) in [6.07, 6.45) is 0. The van der Waals surface area contributed by atoms with Gasteiger partial charge >= 0.3 is 0 Å². The molecule has 0 radical (unpaired) electrons. The maximum atomic E-state index is 12.6. The van der Waals surface area contributed by atoms with Crippen molar-refractivity contribution in [1.82, 2.24) is 0 Å². The Bertz CT molecular complexity index is 553. The molecule has 0 bridgehead atoms. The van der Waals surface area contributed by atoms with E-state index in [9.17, 15) is 4.79 Å². The zero-order valence-corrected chi connectivity index (χ0v) is 11.1. The van der Waals surface area contributed by atoms with Crippen LogP contribution in [0.1, 0.15) is 35.3 Å². The fourth-order valence-electron chi connectivity index (χ4n) is 2.13. The fraction of sp³-hybridized carbons (Fsp3) is 0.235. The van der Waals surface area contributed by atoms with Gasteiger partial charge in [-0.15, -0.1) is 0 Å². The fourth-order valence-corrected chi connectivity index (χ4v) is 2.13. The summed E-state index contributed by atoms with van der Waals surface area (Å²) in [5.41, 5.74) is 2.46. The van der Waals surface area contributed by atoms with Crippen molar-refractivity contribution < 1.29 is 4.79 Å². The Kier molecular flexibility index (Phi) is 3.33. The number of Topliss-reactive ketones (excluding diaryl/α,β-unsaturated/α-hetero) is 1. The lowest BCUT2D eigenvalue weighted by Gasteiger charge is -2.24. The number of ketones is 1. The van der Waals surface area contributed by atoms with Crippen molar-refractivity contribution >= 4 is 5.78 Å². The van der Waals surface area contributed by atoms with E-state index in [2.05, 4.69) is 0 Å². The van der Waals surface area contributed by atoms with Gasteiger partial charge in [0.1, 0.15) is 0 Å². The quantitative estimate of drug-likeness (QED) is 0.734. The van der Waals surface area contributed by atoms with Gasteiger partial charge in [0.25, 0.3) is 0 Å². The molecule has 0 amide bonds. The minimum absolute atomic E-state index is 0.164. The summed E-state index contributed by atoms with van der Waals surface area (Å²) in [7, 11) is 0. The van der Waals surface area contributed by atoms with E-state index in [0.29, 0.717) is 0 Å². The van der Waals surface area contributed by atoms with Gasteiger partial charge in [0.2, 0.25) is 0 Å². The van der Waals surface area contributed by atoms with Crippen LogP contribution in [0.15, 0.2) is 54.6 Å². The van der Waals surface area contributed by atoms with E-state index in [1.54, 1.807) is 0 Å². The van der Waals surface area contributed by atoms with Crippen molar-refractivity contribution in [3.05, 3.63) is 71.3 Å². The lowest BCUT2D eigenvalue weighted by atomic mass is 9.78. The summed E-state index contributed by atoms with van der Waals surface area (Å²) in [5.74, 6) is 0.164. The molecule has 0 unspecified atom stereocenters.